The number of esters is 1. The van der Waals surface area contributed by atoms with Gasteiger partial charge >= 0.3 is 5.97 Å². The molecule has 0 saturated heterocycles. The molecule has 0 heterocycles. The average molecular weight is 433 g/mol. The first-order valence-corrected chi connectivity index (χ1v) is 13.1. The summed E-state index contributed by atoms with van der Waals surface area (Å²) in [5, 5.41) is 0.253. The summed E-state index contributed by atoms with van der Waals surface area (Å²) < 4.78 is 5.60. The Labute approximate surface area is 187 Å². The summed E-state index contributed by atoms with van der Waals surface area (Å²) in [7, 11) is 0. The van der Waals surface area contributed by atoms with E-state index in [0.717, 1.165) is 36.9 Å². The molecule has 4 aliphatic carbocycles. The highest BCUT2D eigenvalue weighted by Crippen LogP contribution is 2.66. The summed E-state index contributed by atoms with van der Waals surface area (Å²) in [6, 6.07) is 0. The van der Waals surface area contributed by atoms with Gasteiger partial charge in [0.25, 0.3) is 0 Å². The van der Waals surface area contributed by atoms with E-state index in [4.69, 9.17) is 4.74 Å². The second kappa shape index (κ2) is 8.30. The molecule has 0 amide bonds. The second-order valence-corrected chi connectivity index (χ2v) is 12.5. The van der Waals surface area contributed by atoms with Crippen molar-refractivity contribution in [2.24, 2.45) is 40.4 Å². The Morgan fingerprint density at radius 3 is 2.50 bits per heavy atom. The molecule has 30 heavy (non-hydrogen) atoms. The average Bonchev–Trinajstić information content (AvgIpc) is 3.03. The predicted octanol–water partition coefficient (Wildman–Crippen LogP) is 6.41. The Balaban J connectivity index is 1.51. The third kappa shape index (κ3) is 3.80. The molecule has 0 radical (unpaired) electrons. The number of hydrogen-bond acceptors (Lipinski definition) is 4. The van der Waals surface area contributed by atoms with Crippen LogP contribution in [0.3, 0.4) is 0 Å². The number of allylic oxidation sites excluding steroid dienone is 2. The minimum atomic E-state index is -0.127. The summed E-state index contributed by atoms with van der Waals surface area (Å²) >= 11 is 1.52. The van der Waals surface area contributed by atoms with Crippen LogP contribution in [0.4, 0.5) is 0 Å². The zero-order chi connectivity index (χ0) is 21.7. The first-order valence-electron chi connectivity index (χ1n) is 12.2. The van der Waals surface area contributed by atoms with Crippen LogP contribution < -0.4 is 0 Å². The Kier molecular flexibility index (Phi) is 6.20. The van der Waals surface area contributed by atoms with E-state index < -0.39 is 0 Å². The molecular weight excluding hydrogens is 392 g/mol. The van der Waals surface area contributed by atoms with Crippen LogP contribution in [0.15, 0.2) is 11.6 Å². The zero-order valence-electron chi connectivity index (χ0n) is 19.5. The van der Waals surface area contributed by atoms with Gasteiger partial charge in [0, 0.05) is 19.6 Å². The second-order valence-electron chi connectivity index (χ2n) is 11.3. The summed E-state index contributed by atoms with van der Waals surface area (Å²) in [6.45, 7) is 10.7. The number of carbonyl (C=O) groups excluding carboxylic acids is 2. The molecule has 4 unspecified atom stereocenters. The first-order chi connectivity index (χ1) is 14.1. The van der Waals surface area contributed by atoms with E-state index >= 15 is 0 Å². The van der Waals surface area contributed by atoms with Crippen LogP contribution in [0.5, 0.6) is 0 Å². The smallest absolute Gasteiger partial charge is 0.302 e. The molecule has 3 fully saturated rings. The molecule has 0 aromatic carbocycles. The van der Waals surface area contributed by atoms with E-state index in [1.54, 1.807) is 19.4 Å². The van der Waals surface area contributed by atoms with Crippen LogP contribution >= 0.6 is 11.8 Å². The molecule has 4 heteroatoms. The van der Waals surface area contributed by atoms with E-state index in [-0.39, 0.29) is 17.2 Å². The van der Waals surface area contributed by atoms with Gasteiger partial charge in [-0.25, -0.2) is 0 Å². The topological polar surface area (TPSA) is 43.4 Å². The van der Waals surface area contributed by atoms with Gasteiger partial charge in [-0.05, 0) is 91.8 Å². The van der Waals surface area contributed by atoms with Gasteiger partial charge in [-0.1, -0.05) is 44.2 Å². The van der Waals surface area contributed by atoms with Crippen molar-refractivity contribution >= 4 is 22.8 Å². The fourth-order valence-corrected chi connectivity index (χ4v) is 8.89. The van der Waals surface area contributed by atoms with Crippen molar-refractivity contribution in [3.8, 4) is 0 Å². The number of fused-ring (bicyclic) bond motifs is 5. The summed E-state index contributed by atoms with van der Waals surface area (Å²) in [5.74, 6) is 4.29. The lowest BCUT2D eigenvalue weighted by atomic mass is 9.47. The molecule has 4 rings (SSSR count). The molecule has 0 N–H and O–H groups in total. The number of ether oxygens (including phenoxy) is 1. The molecule has 4 aliphatic rings. The lowest BCUT2D eigenvalue weighted by molar-refractivity contribution is -0.152. The molecule has 3 saturated carbocycles. The van der Waals surface area contributed by atoms with Crippen molar-refractivity contribution in [2.45, 2.75) is 92.1 Å². The van der Waals surface area contributed by atoms with Crippen LogP contribution in [0, 0.1) is 40.4 Å². The van der Waals surface area contributed by atoms with Gasteiger partial charge in [0.2, 0.25) is 0 Å². The maximum Gasteiger partial charge on any atom is 0.302 e. The van der Waals surface area contributed by atoms with E-state index in [9.17, 15) is 9.59 Å². The molecule has 0 aromatic rings. The Morgan fingerprint density at radius 2 is 1.80 bits per heavy atom. The molecule has 168 valence electrons. The van der Waals surface area contributed by atoms with Gasteiger partial charge in [-0.3, -0.25) is 9.59 Å². The van der Waals surface area contributed by atoms with E-state index in [2.05, 4.69) is 26.8 Å². The lowest BCUT2D eigenvalue weighted by Gasteiger charge is -2.58. The summed E-state index contributed by atoms with van der Waals surface area (Å²) in [6.07, 6.45) is 12.5. The Morgan fingerprint density at radius 1 is 1.10 bits per heavy atom. The largest absolute Gasteiger partial charge is 0.463 e. The maximum atomic E-state index is 11.5. The van der Waals surface area contributed by atoms with Gasteiger partial charge in [-0.15, -0.1) is 0 Å². The number of thioether (sulfide) groups is 1. The molecule has 0 spiro atoms. The SMILES string of the molecule is CC(=O)O[C@H]1CC[C@@]2(C)C(CC=C3C2CC[C@@]2(C)C3CCC2[C@H](C)CSC(C)=O)C1. The fourth-order valence-electron chi connectivity index (χ4n) is 8.16. The number of hydrogen-bond donors (Lipinski definition) is 0. The highest BCUT2D eigenvalue weighted by atomic mass is 32.2. The van der Waals surface area contributed by atoms with Crippen molar-refractivity contribution in [1.82, 2.24) is 0 Å². The minimum absolute atomic E-state index is 0.125. The number of rotatable bonds is 4. The standard InChI is InChI=1S/C26H40O3S/c1-16(15-30-18(3)28)22-8-9-23-21-7-6-19-14-20(29-17(2)27)10-12-25(19,4)24(21)11-13-26(22,23)5/h7,16,19-20,22-24H,6,8-15H2,1-5H3/t16-,19?,20+,22?,23?,24?,25+,26-/m1/s1. The summed E-state index contributed by atoms with van der Waals surface area (Å²) in [5.41, 5.74) is 2.55. The van der Waals surface area contributed by atoms with E-state index in [1.807, 2.05) is 0 Å². The van der Waals surface area contributed by atoms with Crippen LogP contribution in [-0.4, -0.2) is 22.9 Å². The molecule has 0 aliphatic heterocycles. The molecule has 0 aromatic heterocycles. The monoisotopic (exact) mass is 432 g/mol. The minimum Gasteiger partial charge on any atom is -0.463 e. The number of carbonyl (C=O) groups is 2. The predicted molar refractivity (Wildman–Crippen MR) is 123 cm³/mol. The molecular formula is C26H40O3S. The molecule has 8 atom stereocenters. The van der Waals surface area contributed by atoms with Gasteiger partial charge in [-0.2, -0.15) is 0 Å². The maximum absolute atomic E-state index is 11.5. The van der Waals surface area contributed by atoms with Crippen molar-refractivity contribution in [3.63, 3.8) is 0 Å². The van der Waals surface area contributed by atoms with Gasteiger partial charge in [0.05, 0.1) is 0 Å². The zero-order valence-corrected chi connectivity index (χ0v) is 20.4. The van der Waals surface area contributed by atoms with E-state index in [0.29, 0.717) is 28.6 Å². The van der Waals surface area contributed by atoms with Gasteiger partial charge in [0.1, 0.15) is 6.10 Å². The van der Waals surface area contributed by atoms with Gasteiger partial charge < -0.3 is 4.74 Å². The van der Waals surface area contributed by atoms with Crippen LogP contribution in [-0.2, 0) is 14.3 Å². The Bertz CT molecular complexity index is 730. The fraction of sp³-hybridized carbons (Fsp3) is 0.846. The van der Waals surface area contributed by atoms with Crippen molar-refractivity contribution < 1.29 is 14.3 Å². The summed E-state index contributed by atoms with van der Waals surface area (Å²) in [4.78, 5) is 22.9. The quantitative estimate of drug-likeness (QED) is 0.380. The third-order valence-electron chi connectivity index (χ3n) is 9.67. The van der Waals surface area contributed by atoms with Crippen LogP contribution in [0.2, 0.25) is 0 Å². The molecule has 3 nitrogen and oxygen atoms in total. The highest BCUT2D eigenvalue weighted by molar-refractivity contribution is 8.13. The van der Waals surface area contributed by atoms with Crippen LogP contribution in [0.25, 0.3) is 0 Å². The van der Waals surface area contributed by atoms with Gasteiger partial charge in [0.15, 0.2) is 5.12 Å². The lowest BCUT2D eigenvalue weighted by Crippen LogP contribution is -2.50. The van der Waals surface area contributed by atoms with Crippen LogP contribution in [0.1, 0.15) is 86.0 Å². The Hall–Kier alpha value is -0.770. The molecule has 0 bridgehead atoms. The first kappa shape index (κ1) is 22.4. The normalized spacial score (nSPS) is 43.6. The van der Waals surface area contributed by atoms with Crippen molar-refractivity contribution in [2.75, 3.05) is 5.75 Å². The highest BCUT2D eigenvalue weighted by Gasteiger charge is 2.58. The van der Waals surface area contributed by atoms with Crippen molar-refractivity contribution in [3.05, 3.63) is 11.6 Å². The third-order valence-corrected chi connectivity index (χ3v) is 10.8. The van der Waals surface area contributed by atoms with E-state index in [1.165, 1.54) is 43.9 Å². The van der Waals surface area contributed by atoms with Crippen molar-refractivity contribution in [1.29, 1.82) is 0 Å².